The fourth-order valence-corrected chi connectivity index (χ4v) is 3.78. The number of rotatable bonds is 11. The maximum atomic E-state index is 5.80. The molecule has 1 aliphatic carbocycles. The van der Waals surface area contributed by atoms with E-state index in [-0.39, 0.29) is 0 Å². The minimum Gasteiger partial charge on any atom is -0.271 e. The second kappa shape index (κ2) is 11.6. The molecule has 0 aromatic carbocycles. The average molecular weight is 283 g/mol. The van der Waals surface area contributed by atoms with Crippen LogP contribution in [0.5, 0.6) is 0 Å². The second-order valence-electron chi connectivity index (χ2n) is 6.87. The number of nitrogens with two attached hydrogens (primary N) is 1. The molecule has 120 valence electrons. The van der Waals surface area contributed by atoms with Gasteiger partial charge in [-0.1, -0.05) is 78.1 Å². The molecule has 1 fully saturated rings. The van der Waals surface area contributed by atoms with Crippen molar-refractivity contribution in [1.29, 1.82) is 0 Å². The van der Waals surface area contributed by atoms with Gasteiger partial charge in [0.1, 0.15) is 0 Å². The van der Waals surface area contributed by atoms with Crippen LogP contribution in [-0.2, 0) is 0 Å². The van der Waals surface area contributed by atoms with Gasteiger partial charge in [0.2, 0.25) is 0 Å². The lowest BCUT2D eigenvalue weighted by Crippen LogP contribution is -2.42. The zero-order valence-electron chi connectivity index (χ0n) is 14.0. The standard InChI is InChI=1S/C18H38N2/c1-3-5-6-7-8-9-10-11-18(20-19)17-14-12-16(4-2)13-15-17/h16-18,20H,3-15,19H2,1-2H3. The van der Waals surface area contributed by atoms with E-state index < -0.39 is 0 Å². The van der Waals surface area contributed by atoms with Gasteiger partial charge in [-0.25, -0.2) is 0 Å². The Kier molecular flexibility index (Phi) is 10.4. The fourth-order valence-electron chi connectivity index (χ4n) is 3.78. The van der Waals surface area contributed by atoms with E-state index in [0.29, 0.717) is 6.04 Å². The fraction of sp³-hybridized carbons (Fsp3) is 1.00. The molecule has 3 N–H and O–H groups in total. The van der Waals surface area contributed by atoms with Crippen molar-refractivity contribution < 1.29 is 0 Å². The minimum absolute atomic E-state index is 0.573. The van der Waals surface area contributed by atoms with Gasteiger partial charge >= 0.3 is 0 Å². The van der Waals surface area contributed by atoms with Crippen LogP contribution in [0.25, 0.3) is 0 Å². The van der Waals surface area contributed by atoms with Gasteiger partial charge < -0.3 is 0 Å². The van der Waals surface area contributed by atoms with E-state index in [0.717, 1.165) is 11.8 Å². The highest BCUT2D eigenvalue weighted by molar-refractivity contribution is 4.80. The Morgan fingerprint density at radius 2 is 1.50 bits per heavy atom. The summed E-state index contributed by atoms with van der Waals surface area (Å²) in [6.45, 7) is 4.62. The Morgan fingerprint density at radius 3 is 2.05 bits per heavy atom. The number of hydrogen-bond acceptors (Lipinski definition) is 2. The van der Waals surface area contributed by atoms with E-state index in [1.54, 1.807) is 0 Å². The highest BCUT2D eigenvalue weighted by Gasteiger charge is 2.25. The maximum absolute atomic E-state index is 5.80. The molecule has 0 heterocycles. The van der Waals surface area contributed by atoms with Crippen molar-refractivity contribution >= 4 is 0 Å². The monoisotopic (exact) mass is 282 g/mol. The zero-order chi connectivity index (χ0) is 14.6. The van der Waals surface area contributed by atoms with Gasteiger partial charge in [0.25, 0.3) is 0 Å². The molecular weight excluding hydrogens is 244 g/mol. The van der Waals surface area contributed by atoms with Gasteiger partial charge in [-0.2, -0.15) is 0 Å². The van der Waals surface area contributed by atoms with Gasteiger partial charge in [-0.3, -0.25) is 11.3 Å². The Morgan fingerprint density at radius 1 is 0.900 bits per heavy atom. The quantitative estimate of drug-likeness (QED) is 0.311. The SMILES string of the molecule is CCCCCCCCCC(NN)C1CCC(CC)CC1. The molecule has 0 aromatic heterocycles. The van der Waals surface area contributed by atoms with Crippen molar-refractivity contribution in [3.63, 3.8) is 0 Å². The first-order valence-electron chi connectivity index (χ1n) is 9.27. The van der Waals surface area contributed by atoms with Crippen LogP contribution in [0.3, 0.4) is 0 Å². The Hall–Kier alpha value is -0.0800. The summed E-state index contributed by atoms with van der Waals surface area (Å²) in [5.41, 5.74) is 3.12. The van der Waals surface area contributed by atoms with Crippen LogP contribution in [0.15, 0.2) is 0 Å². The van der Waals surface area contributed by atoms with Crippen molar-refractivity contribution in [1.82, 2.24) is 5.43 Å². The lowest BCUT2D eigenvalue weighted by atomic mass is 9.76. The number of hydrogen-bond donors (Lipinski definition) is 2. The molecule has 2 heteroatoms. The predicted molar refractivity (Wildman–Crippen MR) is 89.5 cm³/mol. The van der Waals surface area contributed by atoms with Gasteiger partial charge in [-0.05, 0) is 31.1 Å². The maximum Gasteiger partial charge on any atom is 0.0238 e. The Labute approximate surface area is 127 Å². The summed E-state index contributed by atoms with van der Waals surface area (Å²) >= 11 is 0. The van der Waals surface area contributed by atoms with E-state index in [4.69, 9.17) is 5.84 Å². The minimum atomic E-state index is 0.573. The molecule has 0 bridgehead atoms. The van der Waals surface area contributed by atoms with E-state index >= 15 is 0 Å². The van der Waals surface area contributed by atoms with Crippen molar-refractivity contribution in [3.05, 3.63) is 0 Å². The first kappa shape index (κ1) is 18.0. The lowest BCUT2D eigenvalue weighted by Gasteiger charge is -2.33. The average Bonchev–Trinajstić information content (AvgIpc) is 2.50. The number of hydrazine groups is 1. The van der Waals surface area contributed by atoms with Crippen LogP contribution in [0.1, 0.15) is 97.3 Å². The van der Waals surface area contributed by atoms with Crippen LogP contribution in [0.4, 0.5) is 0 Å². The summed E-state index contributed by atoms with van der Waals surface area (Å²) in [5.74, 6) is 7.63. The van der Waals surface area contributed by atoms with Crippen molar-refractivity contribution in [2.45, 2.75) is 103 Å². The highest BCUT2D eigenvalue weighted by Crippen LogP contribution is 2.33. The molecule has 1 saturated carbocycles. The summed E-state index contributed by atoms with van der Waals surface area (Å²) in [6.07, 6.45) is 18.1. The summed E-state index contributed by atoms with van der Waals surface area (Å²) in [7, 11) is 0. The van der Waals surface area contributed by atoms with Crippen molar-refractivity contribution in [3.8, 4) is 0 Å². The third-order valence-corrected chi connectivity index (χ3v) is 5.37. The molecule has 2 nitrogen and oxygen atoms in total. The van der Waals surface area contributed by atoms with Crippen molar-refractivity contribution in [2.75, 3.05) is 0 Å². The molecule has 0 saturated heterocycles. The topological polar surface area (TPSA) is 38.0 Å². The molecular formula is C18H38N2. The van der Waals surface area contributed by atoms with Gasteiger partial charge in [0, 0.05) is 6.04 Å². The van der Waals surface area contributed by atoms with E-state index in [1.807, 2.05) is 0 Å². The van der Waals surface area contributed by atoms with Gasteiger partial charge in [0.15, 0.2) is 0 Å². The van der Waals surface area contributed by atoms with Crippen LogP contribution >= 0.6 is 0 Å². The normalized spacial score (nSPS) is 24.8. The van der Waals surface area contributed by atoms with Gasteiger partial charge in [-0.15, -0.1) is 0 Å². The highest BCUT2D eigenvalue weighted by atomic mass is 15.2. The largest absolute Gasteiger partial charge is 0.271 e. The molecule has 1 aliphatic rings. The molecule has 20 heavy (non-hydrogen) atoms. The number of unbranched alkanes of at least 4 members (excludes halogenated alkanes) is 6. The molecule has 0 radical (unpaired) electrons. The third kappa shape index (κ3) is 7.08. The summed E-state index contributed by atoms with van der Waals surface area (Å²) in [4.78, 5) is 0. The smallest absolute Gasteiger partial charge is 0.0238 e. The summed E-state index contributed by atoms with van der Waals surface area (Å²) in [6, 6.07) is 0.573. The zero-order valence-corrected chi connectivity index (χ0v) is 14.0. The third-order valence-electron chi connectivity index (χ3n) is 5.37. The van der Waals surface area contributed by atoms with Crippen LogP contribution in [-0.4, -0.2) is 6.04 Å². The van der Waals surface area contributed by atoms with Crippen LogP contribution < -0.4 is 11.3 Å². The Bertz CT molecular complexity index is 209. The molecule has 0 aliphatic heterocycles. The number of nitrogens with one attached hydrogen (secondary N) is 1. The Balaban J connectivity index is 2.07. The molecule has 0 aromatic rings. The molecule has 0 amide bonds. The lowest BCUT2D eigenvalue weighted by molar-refractivity contribution is 0.209. The van der Waals surface area contributed by atoms with E-state index in [9.17, 15) is 0 Å². The van der Waals surface area contributed by atoms with Crippen LogP contribution in [0, 0.1) is 11.8 Å². The van der Waals surface area contributed by atoms with E-state index in [2.05, 4.69) is 19.3 Å². The first-order valence-corrected chi connectivity index (χ1v) is 9.27. The van der Waals surface area contributed by atoms with Crippen molar-refractivity contribution in [2.24, 2.45) is 17.7 Å². The predicted octanol–water partition coefficient (Wildman–Crippen LogP) is 5.18. The van der Waals surface area contributed by atoms with Crippen LogP contribution in [0.2, 0.25) is 0 Å². The van der Waals surface area contributed by atoms with Gasteiger partial charge in [0.05, 0.1) is 0 Å². The second-order valence-corrected chi connectivity index (χ2v) is 6.87. The summed E-state index contributed by atoms with van der Waals surface area (Å²) < 4.78 is 0. The van der Waals surface area contributed by atoms with E-state index in [1.165, 1.54) is 83.5 Å². The first-order chi connectivity index (χ1) is 9.81. The molecule has 1 unspecified atom stereocenters. The molecule has 1 atom stereocenters. The molecule has 1 rings (SSSR count). The summed E-state index contributed by atoms with van der Waals surface area (Å²) in [5, 5.41) is 0. The molecule has 0 spiro atoms.